The van der Waals surface area contributed by atoms with E-state index in [1.54, 1.807) is 19.9 Å². The molecule has 3 nitrogen and oxygen atoms in total. The second-order valence-electron chi connectivity index (χ2n) is 4.19. The standard InChI is InChI=1S/C11H14FNO2/c1-11(2,6-10(14)15)7-3-4-8(12)9(13)5-7/h3-5H,6,13H2,1-2H3,(H,14,15). The lowest BCUT2D eigenvalue weighted by atomic mass is 9.81. The molecule has 0 fully saturated rings. The predicted octanol–water partition coefficient (Wildman–Crippen LogP) is 2.16. The van der Waals surface area contributed by atoms with E-state index in [1.807, 2.05) is 0 Å². The van der Waals surface area contributed by atoms with Crippen LogP contribution in [0.25, 0.3) is 0 Å². The highest BCUT2D eigenvalue weighted by atomic mass is 19.1. The summed E-state index contributed by atoms with van der Waals surface area (Å²) in [5, 5.41) is 8.73. The van der Waals surface area contributed by atoms with Gasteiger partial charge in [0.2, 0.25) is 0 Å². The van der Waals surface area contributed by atoms with Crippen LogP contribution in [0.5, 0.6) is 0 Å². The number of hydrogen-bond donors (Lipinski definition) is 2. The van der Waals surface area contributed by atoms with E-state index in [1.165, 1.54) is 12.1 Å². The third-order valence-electron chi connectivity index (χ3n) is 2.37. The van der Waals surface area contributed by atoms with E-state index in [0.29, 0.717) is 0 Å². The molecule has 0 heterocycles. The van der Waals surface area contributed by atoms with Crippen molar-refractivity contribution in [2.45, 2.75) is 25.7 Å². The van der Waals surface area contributed by atoms with E-state index in [0.717, 1.165) is 5.56 Å². The second-order valence-corrected chi connectivity index (χ2v) is 4.19. The van der Waals surface area contributed by atoms with Crippen LogP contribution >= 0.6 is 0 Å². The van der Waals surface area contributed by atoms with Crippen molar-refractivity contribution in [2.24, 2.45) is 0 Å². The van der Waals surface area contributed by atoms with Crippen molar-refractivity contribution in [3.05, 3.63) is 29.6 Å². The third kappa shape index (κ3) is 2.68. The Labute approximate surface area is 87.7 Å². The fraction of sp³-hybridized carbons (Fsp3) is 0.364. The maximum atomic E-state index is 12.9. The zero-order valence-corrected chi connectivity index (χ0v) is 8.75. The molecule has 0 saturated heterocycles. The lowest BCUT2D eigenvalue weighted by Crippen LogP contribution is -2.21. The van der Waals surface area contributed by atoms with Gasteiger partial charge >= 0.3 is 5.97 Å². The van der Waals surface area contributed by atoms with Crippen molar-refractivity contribution in [3.8, 4) is 0 Å². The molecule has 0 unspecified atom stereocenters. The first-order valence-corrected chi connectivity index (χ1v) is 4.60. The topological polar surface area (TPSA) is 63.3 Å². The van der Waals surface area contributed by atoms with E-state index in [-0.39, 0.29) is 12.1 Å². The van der Waals surface area contributed by atoms with Crippen molar-refractivity contribution in [1.29, 1.82) is 0 Å². The number of benzene rings is 1. The molecule has 15 heavy (non-hydrogen) atoms. The summed E-state index contributed by atoms with van der Waals surface area (Å²) in [5.41, 5.74) is 5.65. The molecule has 0 amide bonds. The molecule has 4 heteroatoms. The maximum absolute atomic E-state index is 12.9. The number of rotatable bonds is 3. The Hall–Kier alpha value is -1.58. The van der Waals surface area contributed by atoms with Gasteiger partial charge in [-0.05, 0) is 17.7 Å². The van der Waals surface area contributed by atoms with Crippen molar-refractivity contribution in [1.82, 2.24) is 0 Å². The van der Waals surface area contributed by atoms with Crippen LogP contribution in [-0.4, -0.2) is 11.1 Å². The van der Waals surface area contributed by atoms with Gasteiger partial charge in [-0.15, -0.1) is 0 Å². The molecule has 0 spiro atoms. The summed E-state index contributed by atoms with van der Waals surface area (Å²) >= 11 is 0. The summed E-state index contributed by atoms with van der Waals surface area (Å²) in [6, 6.07) is 4.31. The fourth-order valence-electron chi connectivity index (χ4n) is 1.44. The molecule has 0 aliphatic rings. The number of carboxylic acids is 1. The fourth-order valence-corrected chi connectivity index (χ4v) is 1.44. The number of carbonyl (C=O) groups is 1. The number of nitrogen functional groups attached to an aromatic ring is 1. The first kappa shape index (κ1) is 11.5. The Kier molecular flexibility index (Phi) is 2.98. The minimum atomic E-state index is -0.886. The van der Waals surface area contributed by atoms with E-state index in [9.17, 15) is 9.18 Å². The average molecular weight is 211 g/mol. The number of halogens is 1. The van der Waals surface area contributed by atoms with Crippen LogP contribution in [0.2, 0.25) is 0 Å². The van der Waals surface area contributed by atoms with E-state index in [4.69, 9.17) is 10.8 Å². The van der Waals surface area contributed by atoms with E-state index >= 15 is 0 Å². The number of aliphatic carboxylic acids is 1. The molecule has 0 radical (unpaired) electrons. The number of anilines is 1. The summed E-state index contributed by atoms with van der Waals surface area (Å²) in [6.45, 7) is 3.57. The molecule has 3 N–H and O–H groups in total. The molecule has 0 aliphatic carbocycles. The van der Waals surface area contributed by atoms with Crippen molar-refractivity contribution in [3.63, 3.8) is 0 Å². The smallest absolute Gasteiger partial charge is 0.304 e. The maximum Gasteiger partial charge on any atom is 0.304 e. The molecule has 82 valence electrons. The zero-order chi connectivity index (χ0) is 11.6. The van der Waals surface area contributed by atoms with Gasteiger partial charge in [-0.25, -0.2) is 4.39 Å². The number of carboxylic acid groups (broad SMARTS) is 1. The monoisotopic (exact) mass is 211 g/mol. The highest BCUT2D eigenvalue weighted by molar-refractivity contribution is 5.69. The molecule has 0 aromatic heterocycles. The predicted molar refractivity (Wildman–Crippen MR) is 56.1 cm³/mol. The molecular weight excluding hydrogens is 197 g/mol. The van der Waals surface area contributed by atoms with Crippen molar-refractivity contribution in [2.75, 3.05) is 5.73 Å². The van der Waals surface area contributed by atoms with Crippen LogP contribution in [0, 0.1) is 5.82 Å². The van der Waals surface area contributed by atoms with Crippen LogP contribution in [-0.2, 0) is 10.2 Å². The van der Waals surface area contributed by atoms with Gasteiger partial charge < -0.3 is 10.8 Å². The lowest BCUT2D eigenvalue weighted by molar-refractivity contribution is -0.138. The van der Waals surface area contributed by atoms with Gasteiger partial charge in [0.15, 0.2) is 0 Å². The Morgan fingerprint density at radius 3 is 2.60 bits per heavy atom. The first-order valence-electron chi connectivity index (χ1n) is 4.60. The van der Waals surface area contributed by atoms with Crippen LogP contribution in [0.1, 0.15) is 25.8 Å². The van der Waals surface area contributed by atoms with Gasteiger partial charge in [-0.3, -0.25) is 4.79 Å². The SMILES string of the molecule is CC(C)(CC(=O)O)c1ccc(F)c(N)c1. The summed E-state index contributed by atoms with van der Waals surface area (Å²) in [5.74, 6) is -1.37. The van der Waals surface area contributed by atoms with Gasteiger partial charge in [0.05, 0.1) is 12.1 Å². The van der Waals surface area contributed by atoms with E-state index in [2.05, 4.69) is 0 Å². The highest BCUT2D eigenvalue weighted by Crippen LogP contribution is 2.29. The van der Waals surface area contributed by atoms with Crippen LogP contribution in [0.4, 0.5) is 10.1 Å². The Morgan fingerprint density at radius 1 is 1.53 bits per heavy atom. The molecule has 1 aromatic carbocycles. The molecule has 1 aromatic rings. The quantitative estimate of drug-likeness (QED) is 0.753. The van der Waals surface area contributed by atoms with Crippen LogP contribution in [0.3, 0.4) is 0 Å². The molecule has 0 saturated carbocycles. The van der Waals surface area contributed by atoms with Crippen molar-refractivity contribution < 1.29 is 14.3 Å². The normalized spacial score (nSPS) is 11.4. The van der Waals surface area contributed by atoms with Gasteiger partial charge in [-0.2, -0.15) is 0 Å². The summed E-state index contributed by atoms with van der Waals surface area (Å²) < 4.78 is 12.9. The van der Waals surface area contributed by atoms with Crippen molar-refractivity contribution >= 4 is 11.7 Å². The average Bonchev–Trinajstić information content (AvgIpc) is 2.07. The minimum absolute atomic E-state index is 0.0158. The molecule has 0 aliphatic heterocycles. The van der Waals surface area contributed by atoms with Gasteiger partial charge in [0.1, 0.15) is 5.82 Å². The Bertz CT molecular complexity index is 388. The summed E-state index contributed by atoms with van der Waals surface area (Å²) in [7, 11) is 0. The molecule has 0 atom stereocenters. The summed E-state index contributed by atoms with van der Waals surface area (Å²) in [4.78, 5) is 10.6. The van der Waals surface area contributed by atoms with Gasteiger partial charge in [0, 0.05) is 5.41 Å². The Morgan fingerprint density at radius 2 is 2.13 bits per heavy atom. The first-order chi connectivity index (χ1) is 6.83. The zero-order valence-electron chi connectivity index (χ0n) is 8.75. The molecule has 1 rings (SSSR count). The number of nitrogens with two attached hydrogens (primary N) is 1. The minimum Gasteiger partial charge on any atom is -0.481 e. The van der Waals surface area contributed by atoms with Crippen LogP contribution in [0.15, 0.2) is 18.2 Å². The summed E-state index contributed by atoms with van der Waals surface area (Å²) in [6.07, 6.45) is -0.0158. The van der Waals surface area contributed by atoms with Gasteiger partial charge in [-0.1, -0.05) is 19.9 Å². The third-order valence-corrected chi connectivity index (χ3v) is 2.37. The highest BCUT2D eigenvalue weighted by Gasteiger charge is 2.24. The largest absolute Gasteiger partial charge is 0.481 e. The van der Waals surface area contributed by atoms with Crippen LogP contribution < -0.4 is 5.73 Å². The molecular formula is C11H14FNO2. The Balaban J connectivity index is 3.04. The lowest BCUT2D eigenvalue weighted by Gasteiger charge is -2.23. The van der Waals surface area contributed by atoms with E-state index < -0.39 is 17.2 Å². The van der Waals surface area contributed by atoms with Gasteiger partial charge in [0.25, 0.3) is 0 Å². The molecule has 0 bridgehead atoms. The number of hydrogen-bond acceptors (Lipinski definition) is 2. The second kappa shape index (κ2) is 3.88.